The van der Waals surface area contributed by atoms with Crippen LogP contribution in [0, 0.1) is 10.8 Å². The van der Waals surface area contributed by atoms with E-state index in [-0.39, 0.29) is 22.2 Å². The van der Waals surface area contributed by atoms with E-state index in [1.807, 2.05) is 41.5 Å². The zero-order valence-corrected chi connectivity index (χ0v) is 16.2. The quantitative estimate of drug-likeness (QED) is 0.601. The lowest BCUT2D eigenvalue weighted by Crippen LogP contribution is -2.29. The van der Waals surface area contributed by atoms with Gasteiger partial charge in [-0.15, -0.1) is 0 Å². The second kappa shape index (κ2) is 6.56. The van der Waals surface area contributed by atoms with E-state index in [0.717, 1.165) is 0 Å². The molecule has 3 N–H and O–H groups in total. The lowest BCUT2D eigenvalue weighted by molar-refractivity contribution is -0.114. The molecule has 0 spiro atoms. The summed E-state index contributed by atoms with van der Waals surface area (Å²) in [6, 6.07) is 4.41. The molecule has 0 atom stereocenters. The highest BCUT2D eigenvalue weighted by atomic mass is 16.4. The molecular formula is C21H26N2O3. The summed E-state index contributed by atoms with van der Waals surface area (Å²) in [4.78, 5) is 28.7. The number of carbonyl (C=O) groups excluding carboxylic acids is 1. The van der Waals surface area contributed by atoms with Gasteiger partial charge in [0.1, 0.15) is 0 Å². The summed E-state index contributed by atoms with van der Waals surface area (Å²) < 4.78 is 0. The normalized spacial score (nSPS) is 15.5. The van der Waals surface area contributed by atoms with Gasteiger partial charge in [0.15, 0.2) is 5.78 Å². The average molecular weight is 354 g/mol. The minimum absolute atomic E-state index is 0.0243. The topological polar surface area (TPSA) is 92.8 Å². The number of aromatic carboxylic acids is 1. The monoisotopic (exact) mass is 354 g/mol. The van der Waals surface area contributed by atoms with Gasteiger partial charge >= 0.3 is 5.97 Å². The molecule has 0 heterocycles. The highest BCUT2D eigenvalue weighted by Crippen LogP contribution is 2.37. The highest BCUT2D eigenvalue weighted by molar-refractivity contribution is 6.23. The van der Waals surface area contributed by atoms with Crippen molar-refractivity contribution in [1.82, 2.24) is 0 Å². The van der Waals surface area contributed by atoms with Crippen molar-refractivity contribution in [3.63, 3.8) is 0 Å². The molecule has 0 saturated carbocycles. The van der Waals surface area contributed by atoms with Crippen LogP contribution in [-0.2, 0) is 4.79 Å². The largest absolute Gasteiger partial charge is 0.478 e. The van der Waals surface area contributed by atoms with Gasteiger partial charge in [-0.3, -0.25) is 4.79 Å². The number of rotatable bonds is 2. The van der Waals surface area contributed by atoms with Crippen molar-refractivity contribution in [2.24, 2.45) is 15.8 Å². The number of carbonyl (C=O) groups is 2. The fourth-order valence-electron chi connectivity index (χ4n) is 2.70. The number of Topliss-reactive ketones (excluding diaryl/α,β-unsaturated/α-hetero) is 1. The standard InChI is InChI=1S/C21H26N2O3/c1-20(2,3)14-10-13(11-15(18(14)24)21(4,5)6)23-17-9-12(19(25)26)7-8-16(17)22/h7-11H,22H2,1-6H3,(H,25,26). The summed E-state index contributed by atoms with van der Waals surface area (Å²) in [6.45, 7) is 11.9. The van der Waals surface area contributed by atoms with Crippen LogP contribution in [-0.4, -0.2) is 22.6 Å². The molecule has 1 aliphatic carbocycles. The highest BCUT2D eigenvalue weighted by Gasteiger charge is 2.34. The molecule has 2 rings (SSSR count). The van der Waals surface area contributed by atoms with Gasteiger partial charge in [-0.05, 0) is 41.2 Å². The number of nitrogens with two attached hydrogens (primary N) is 1. The van der Waals surface area contributed by atoms with E-state index >= 15 is 0 Å². The third kappa shape index (κ3) is 4.10. The number of carboxylic acids is 1. The fraction of sp³-hybridized carbons (Fsp3) is 0.381. The first-order chi connectivity index (χ1) is 11.8. The molecule has 138 valence electrons. The third-order valence-electron chi connectivity index (χ3n) is 4.22. The van der Waals surface area contributed by atoms with Crippen molar-refractivity contribution >= 4 is 28.8 Å². The summed E-state index contributed by atoms with van der Waals surface area (Å²) >= 11 is 0. The third-order valence-corrected chi connectivity index (χ3v) is 4.22. The van der Waals surface area contributed by atoms with Crippen molar-refractivity contribution in [3.8, 4) is 0 Å². The Kier molecular flexibility index (Phi) is 4.95. The van der Waals surface area contributed by atoms with E-state index in [1.54, 1.807) is 12.2 Å². The van der Waals surface area contributed by atoms with E-state index < -0.39 is 5.97 Å². The number of nitrogen functional groups attached to an aromatic ring is 1. The number of ketones is 1. The van der Waals surface area contributed by atoms with Gasteiger partial charge in [0, 0.05) is 11.1 Å². The summed E-state index contributed by atoms with van der Waals surface area (Å²) in [5.74, 6) is -1.02. The summed E-state index contributed by atoms with van der Waals surface area (Å²) in [7, 11) is 0. The van der Waals surface area contributed by atoms with E-state index in [1.165, 1.54) is 18.2 Å². The number of carboxylic acid groups (broad SMARTS) is 1. The Bertz CT molecular complexity index is 824. The number of hydrogen-bond donors (Lipinski definition) is 2. The fourth-order valence-corrected chi connectivity index (χ4v) is 2.70. The second-order valence-electron chi connectivity index (χ2n) is 8.56. The van der Waals surface area contributed by atoms with Crippen LogP contribution in [0.15, 0.2) is 46.5 Å². The molecule has 1 aromatic carbocycles. The maximum absolute atomic E-state index is 12.9. The number of allylic oxidation sites excluding steroid dienone is 4. The molecule has 0 aliphatic heterocycles. The van der Waals surface area contributed by atoms with Gasteiger partial charge in [-0.2, -0.15) is 0 Å². The summed E-state index contributed by atoms with van der Waals surface area (Å²) in [6.07, 6.45) is 3.54. The van der Waals surface area contributed by atoms with Crippen LogP contribution in [0.3, 0.4) is 0 Å². The van der Waals surface area contributed by atoms with Crippen LogP contribution in [0.2, 0.25) is 0 Å². The van der Waals surface area contributed by atoms with Crippen molar-refractivity contribution in [1.29, 1.82) is 0 Å². The first-order valence-electron chi connectivity index (χ1n) is 8.51. The van der Waals surface area contributed by atoms with Gasteiger partial charge in [-0.1, -0.05) is 41.5 Å². The van der Waals surface area contributed by atoms with Crippen LogP contribution in [0.5, 0.6) is 0 Å². The molecule has 1 aromatic rings. The van der Waals surface area contributed by atoms with Gasteiger partial charge in [0.25, 0.3) is 0 Å². The molecule has 0 unspecified atom stereocenters. The van der Waals surface area contributed by atoms with Crippen molar-refractivity contribution in [3.05, 3.63) is 47.1 Å². The van der Waals surface area contributed by atoms with E-state index in [9.17, 15) is 14.7 Å². The number of aliphatic imine (C=N–C) groups is 1. The molecule has 5 heteroatoms. The SMILES string of the molecule is CC(C)(C)C1=CC(=Nc2cc(C(=O)O)ccc2N)C=C(C(C)(C)C)C1=O. The Hall–Kier alpha value is -2.69. The van der Waals surface area contributed by atoms with Crippen LogP contribution >= 0.6 is 0 Å². The van der Waals surface area contributed by atoms with E-state index in [2.05, 4.69) is 4.99 Å². The van der Waals surface area contributed by atoms with Gasteiger partial charge in [0.05, 0.1) is 22.6 Å². The van der Waals surface area contributed by atoms with Crippen LogP contribution < -0.4 is 5.73 Å². The first kappa shape index (κ1) is 19.6. The zero-order valence-electron chi connectivity index (χ0n) is 16.2. The van der Waals surface area contributed by atoms with Crippen molar-refractivity contribution < 1.29 is 14.7 Å². The minimum Gasteiger partial charge on any atom is -0.478 e. The number of nitrogens with zero attached hydrogens (tertiary/aromatic N) is 1. The molecule has 5 nitrogen and oxygen atoms in total. The molecule has 1 aliphatic rings. The van der Waals surface area contributed by atoms with Crippen molar-refractivity contribution in [2.45, 2.75) is 41.5 Å². The lowest BCUT2D eigenvalue weighted by atomic mass is 9.72. The van der Waals surface area contributed by atoms with Gasteiger partial charge in [0.2, 0.25) is 0 Å². The predicted molar refractivity (Wildman–Crippen MR) is 105 cm³/mol. The number of benzene rings is 1. The van der Waals surface area contributed by atoms with Crippen LogP contribution in [0.4, 0.5) is 11.4 Å². The Morgan fingerprint density at radius 1 is 1.00 bits per heavy atom. The Morgan fingerprint density at radius 2 is 1.50 bits per heavy atom. The van der Waals surface area contributed by atoms with Crippen LogP contribution in [0.25, 0.3) is 0 Å². The van der Waals surface area contributed by atoms with E-state index in [0.29, 0.717) is 28.2 Å². The molecule has 0 amide bonds. The summed E-state index contributed by atoms with van der Waals surface area (Å²) in [5, 5.41) is 9.18. The molecule has 0 saturated heterocycles. The van der Waals surface area contributed by atoms with Crippen molar-refractivity contribution in [2.75, 3.05) is 5.73 Å². The molecule has 0 fully saturated rings. The Morgan fingerprint density at radius 3 is 1.92 bits per heavy atom. The van der Waals surface area contributed by atoms with Gasteiger partial charge < -0.3 is 10.8 Å². The number of hydrogen-bond acceptors (Lipinski definition) is 4. The van der Waals surface area contributed by atoms with Crippen LogP contribution in [0.1, 0.15) is 51.9 Å². The Balaban J connectivity index is 2.66. The predicted octanol–water partition coefficient (Wildman–Crippen LogP) is 4.57. The zero-order chi connectivity index (χ0) is 19.9. The average Bonchev–Trinajstić information content (AvgIpc) is 2.48. The molecule has 0 radical (unpaired) electrons. The first-order valence-corrected chi connectivity index (χ1v) is 8.51. The second-order valence-corrected chi connectivity index (χ2v) is 8.56. The maximum atomic E-state index is 12.9. The smallest absolute Gasteiger partial charge is 0.335 e. The number of anilines is 1. The molecule has 0 aromatic heterocycles. The van der Waals surface area contributed by atoms with E-state index in [4.69, 9.17) is 5.73 Å². The molecule has 0 bridgehead atoms. The van der Waals surface area contributed by atoms with Gasteiger partial charge in [-0.25, -0.2) is 9.79 Å². The lowest BCUT2D eigenvalue weighted by Gasteiger charge is -2.31. The Labute approximate surface area is 154 Å². The summed E-state index contributed by atoms with van der Waals surface area (Å²) in [5.41, 5.74) is 8.12. The maximum Gasteiger partial charge on any atom is 0.335 e. The molecule has 26 heavy (non-hydrogen) atoms. The minimum atomic E-state index is -1.04. The molecular weight excluding hydrogens is 328 g/mol.